The molecule has 0 aliphatic rings. The zero-order valence-electron chi connectivity index (χ0n) is 21.2. The number of hydrogen-bond acceptors (Lipinski definition) is 5. The highest BCUT2D eigenvalue weighted by molar-refractivity contribution is 6.22. The lowest BCUT2D eigenvalue weighted by atomic mass is 10.00. The van der Waals surface area contributed by atoms with E-state index in [1.165, 1.54) is 5.56 Å². The van der Waals surface area contributed by atoms with Crippen molar-refractivity contribution in [1.29, 1.82) is 0 Å². The van der Waals surface area contributed by atoms with Gasteiger partial charge in [0.05, 0.1) is 17.0 Å². The number of likely N-dealkylation sites (N-methyl/N-ethyl adjacent to an activating group) is 1. The van der Waals surface area contributed by atoms with E-state index in [9.17, 15) is 23.1 Å². The Kier molecular flexibility index (Phi) is 9.10. The SMILES string of the molecule is CN(C)CCc1ccc(N=C(c2ccccc2)c2c(O)[nH]c3cc(C(N)=O)ccc23)cc1.O=C(O)C(F)(F)F. The highest BCUT2D eigenvalue weighted by Crippen LogP contribution is 2.32. The number of fused-ring (bicyclic) bond motifs is 1. The minimum atomic E-state index is -5.08. The Hall–Kier alpha value is -4.64. The number of rotatable bonds is 7. The van der Waals surface area contributed by atoms with Gasteiger partial charge in [0.1, 0.15) is 0 Å². The number of nitrogens with one attached hydrogen (secondary N) is 1. The van der Waals surface area contributed by atoms with E-state index in [1.807, 2.05) is 42.5 Å². The Bertz CT molecular complexity index is 1480. The number of carboxylic acid groups (broad SMARTS) is 1. The van der Waals surface area contributed by atoms with Crippen molar-refractivity contribution in [2.24, 2.45) is 10.7 Å². The molecule has 0 aliphatic heterocycles. The number of aliphatic imine (C=N–C) groups is 1. The molecule has 1 amide bonds. The van der Waals surface area contributed by atoms with E-state index >= 15 is 0 Å². The smallest absolute Gasteiger partial charge is 0.490 e. The third kappa shape index (κ3) is 7.68. The number of carbonyl (C=O) groups excluding carboxylic acids is 1. The molecule has 4 rings (SSSR count). The molecule has 0 unspecified atom stereocenters. The predicted molar refractivity (Wildman–Crippen MR) is 143 cm³/mol. The quantitative estimate of drug-likeness (QED) is 0.248. The number of benzene rings is 3. The molecule has 5 N–H and O–H groups in total. The first-order chi connectivity index (χ1) is 18.4. The Morgan fingerprint density at radius 2 is 1.59 bits per heavy atom. The number of primary amides is 1. The van der Waals surface area contributed by atoms with Crippen molar-refractivity contribution in [2.45, 2.75) is 12.6 Å². The van der Waals surface area contributed by atoms with E-state index in [0.717, 1.165) is 29.6 Å². The van der Waals surface area contributed by atoms with Crippen LogP contribution in [0.15, 0.2) is 77.8 Å². The number of amides is 1. The Balaban J connectivity index is 0.000000532. The van der Waals surface area contributed by atoms with Crippen LogP contribution in [-0.4, -0.2) is 64.5 Å². The molecule has 8 nitrogen and oxygen atoms in total. The standard InChI is InChI=1S/C26H26N4O2.C2HF3O2/c1-30(2)15-14-17-8-11-20(12-9-17)28-24(18-6-4-3-5-7-18)23-21-13-10-19(25(27)31)16-22(21)29-26(23)32;3-2(4,5)1(6)7/h3-13,16,29,32H,14-15H2,1-2H3,(H2,27,31);(H,6,7). The van der Waals surface area contributed by atoms with Crippen molar-refractivity contribution in [3.05, 3.63) is 95.1 Å². The number of carbonyl (C=O) groups is 2. The predicted octanol–water partition coefficient (Wildman–Crippen LogP) is 4.88. The van der Waals surface area contributed by atoms with Crippen LogP contribution in [0.4, 0.5) is 18.9 Å². The lowest BCUT2D eigenvalue weighted by Crippen LogP contribution is -2.21. The molecule has 39 heavy (non-hydrogen) atoms. The molecule has 0 atom stereocenters. The summed E-state index contributed by atoms with van der Waals surface area (Å²) in [5, 5.41) is 18.7. The van der Waals surface area contributed by atoms with E-state index < -0.39 is 18.1 Å². The fourth-order valence-electron chi connectivity index (χ4n) is 3.66. The van der Waals surface area contributed by atoms with Crippen LogP contribution < -0.4 is 5.73 Å². The molecule has 0 fully saturated rings. The first kappa shape index (κ1) is 28.9. The summed E-state index contributed by atoms with van der Waals surface area (Å²) < 4.78 is 31.7. The number of aliphatic carboxylic acids is 1. The van der Waals surface area contributed by atoms with Crippen LogP contribution in [0.25, 0.3) is 10.9 Å². The summed E-state index contributed by atoms with van der Waals surface area (Å²) in [5.41, 5.74) is 10.5. The first-order valence-corrected chi connectivity index (χ1v) is 11.7. The normalized spacial score (nSPS) is 11.8. The van der Waals surface area contributed by atoms with Crippen LogP contribution in [0.5, 0.6) is 5.88 Å². The van der Waals surface area contributed by atoms with Gasteiger partial charge in [0.25, 0.3) is 0 Å². The molecule has 0 bridgehead atoms. The number of nitrogens with two attached hydrogens (primary N) is 1. The second-order valence-electron chi connectivity index (χ2n) is 8.82. The number of aromatic nitrogens is 1. The van der Waals surface area contributed by atoms with Gasteiger partial charge in [-0.3, -0.25) is 4.79 Å². The van der Waals surface area contributed by atoms with Gasteiger partial charge in [-0.1, -0.05) is 48.5 Å². The molecule has 204 valence electrons. The van der Waals surface area contributed by atoms with Crippen LogP contribution in [0.3, 0.4) is 0 Å². The van der Waals surface area contributed by atoms with Gasteiger partial charge >= 0.3 is 12.1 Å². The number of aromatic amines is 1. The van der Waals surface area contributed by atoms with Crippen molar-refractivity contribution in [2.75, 3.05) is 20.6 Å². The number of nitrogens with zero attached hydrogens (tertiary/aromatic N) is 2. The van der Waals surface area contributed by atoms with E-state index in [-0.39, 0.29) is 5.88 Å². The summed E-state index contributed by atoms with van der Waals surface area (Å²) in [4.78, 5) is 30.5. The summed E-state index contributed by atoms with van der Waals surface area (Å²) in [6.07, 6.45) is -4.12. The fourth-order valence-corrected chi connectivity index (χ4v) is 3.66. The van der Waals surface area contributed by atoms with Gasteiger partial charge in [-0.05, 0) is 50.3 Å². The van der Waals surface area contributed by atoms with E-state index in [2.05, 4.69) is 36.1 Å². The average molecular weight is 541 g/mol. The molecule has 0 spiro atoms. The topological polar surface area (TPSA) is 132 Å². The summed E-state index contributed by atoms with van der Waals surface area (Å²) in [6.45, 7) is 0.981. The monoisotopic (exact) mass is 540 g/mol. The number of aromatic hydroxyl groups is 1. The molecule has 0 radical (unpaired) electrons. The van der Waals surface area contributed by atoms with E-state index in [1.54, 1.807) is 18.2 Å². The molecule has 3 aromatic carbocycles. The Morgan fingerprint density at radius 1 is 0.974 bits per heavy atom. The lowest BCUT2D eigenvalue weighted by molar-refractivity contribution is -0.192. The van der Waals surface area contributed by atoms with Crippen LogP contribution in [0.1, 0.15) is 27.0 Å². The van der Waals surface area contributed by atoms with Gasteiger partial charge in [-0.2, -0.15) is 13.2 Å². The lowest BCUT2D eigenvalue weighted by Gasteiger charge is -2.10. The van der Waals surface area contributed by atoms with Crippen molar-refractivity contribution >= 4 is 34.2 Å². The number of hydrogen-bond donors (Lipinski definition) is 4. The second-order valence-corrected chi connectivity index (χ2v) is 8.82. The molecule has 1 aromatic heterocycles. The van der Waals surface area contributed by atoms with Crippen LogP contribution in [0.2, 0.25) is 0 Å². The molecule has 0 saturated carbocycles. The Labute approximate surface area is 222 Å². The number of halogens is 3. The zero-order valence-corrected chi connectivity index (χ0v) is 21.2. The maximum Gasteiger partial charge on any atom is 0.490 e. The van der Waals surface area contributed by atoms with Crippen molar-refractivity contribution in [1.82, 2.24) is 9.88 Å². The van der Waals surface area contributed by atoms with Crippen molar-refractivity contribution in [3.63, 3.8) is 0 Å². The third-order valence-electron chi connectivity index (χ3n) is 5.61. The molecule has 1 heterocycles. The van der Waals surface area contributed by atoms with Gasteiger partial charge < -0.3 is 25.8 Å². The highest BCUT2D eigenvalue weighted by Gasteiger charge is 2.38. The number of H-pyrrole nitrogens is 1. The minimum absolute atomic E-state index is 0.00757. The second kappa shape index (κ2) is 12.3. The Morgan fingerprint density at radius 3 is 2.13 bits per heavy atom. The van der Waals surface area contributed by atoms with Gasteiger partial charge in [-0.25, -0.2) is 9.79 Å². The molecular formula is C28H27F3N4O4. The maximum atomic E-state index is 11.6. The summed E-state index contributed by atoms with van der Waals surface area (Å²) in [5.74, 6) is -3.28. The van der Waals surface area contributed by atoms with Crippen LogP contribution in [-0.2, 0) is 11.2 Å². The van der Waals surface area contributed by atoms with E-state index in [0.29, 0.717) is 22.4 Å². The van der Waals surface area contributed by atoms with Gasteiger partial charge in [0, 0.05) is 28.6 Å². The van der Waals surface area contributed by atoms with Gasteiger partial charge in [0.2, 0.25) is 5.91 Å². The van der Waals surface area contributed by atoms with Crippen molar-refractivity contribution < 1.29 is 33.0 Å². The van der Waals surface area contributed by atoms with Crippen LogP contribution >= 0.6 is 0 Å². The summed E-state index contributed by atoms with van der Waals surface area (Å²) in [7, 11) is 4.12. The minimum Gasteiger partial charge on any atom is -0.494 e. The van der Waals surface area contributed by atoms with Gasteiger partial charge in [-0.15, -0.1) is 0 Å². The molecule has 0 saturated heterocycles. The highest BCUT2D eigenvalue weighted by atomic mass is 19.4. The van der Waals surface area contributed by atoms with Gasteiger partial charge in [0.15, 0.2) is 5.88 Å². The van der Waals surface area contributed by atoms with E-state index in [4.69, 9.17) is 20.6 Å². The number of alkyl halides is 3. The average Bonchev–Trinajstić information content (AvgIpc) is 3.21. The molecule has 11 heteroatoms. The fraction of sp³-hybridized carbons (Fsp3) is 0.179. The van der Waals surface area contributed by atoms with Crippen molar-refractivity contribution in [3.8, 4) is 5.88 Å². The number of carboxylic acids is 1. The molecule has 4 aromatic rings. The molecule has 0 aliphatic carbocycles. The van der Waals surface area contributed by atoms with Crippen LogP contribution in [0, 0.1) is 0 Å². The largest absolute Gasteiger partial charge is 0.494 e. The molecular weight excluding hydrogens is 513 g/mol. The summed E-state index contributed by atoms with van der Waals surface area (Å²) >= 11 is 0. The maximum absolute atomic E-state index is 11.6. The first-order valence-electron chi connectivity index (χ1n) is 11.7. The third-order valence-corrected chi connectivity index (χ3v) is 5.61. The summed E-state index contributed by atoms with van der Waals surface area (Å²) in [6, 6.07) is 23.0. The zero-order chi connectivity index (χ0) is 28.7.